The number of carbonyl (C=O) groups excluding carboxylic acids is 1. The minimum Gasteiger partial charge on any atom is -0.448 e. The van der Waals surface area contributed by atoms with Gasteiger partial charge in [0.2, 0.25) is 0 Å². The summed E-state index contributed by atoms with van der Waals surface area (Å²) in [6.07, 6.45) is -0.574. The summed E-state index contributed by atoms with van der Waals surface area (Å²) in [4.78, 5) is 18.0. The molecule has 0 fully saturated rings. The lowest BCUT2D eigenvalue weighted by Gasteiger charge is -2.18. The summed E-state index contributed by atoms with van der Waals surface area (Å²) < 4.78 is 4.98. The first-order valence-corrected chi connectivity index (χ1v) is 7.21. The molecular formula is C18H20N2O2. The number of hydrogen-bond donors (Lipinski definition) is 0. The van der Waals surface area contributed by atoms with Gasteiger partial charge in [-0.2, -0.15) is 4.99 Å². The average Bonchev–Trinajstić information content (AvgIpc) is 2.53. The molecule has 0 N–H and O–H groups in total. The summed E-state index contributed by atoms with van der Waals surface area (Å²) in [5, 5.41) is 0. The van der Waals surface area contributed by atoms with Gasteiger partial charge in [0.25, 0.3) is 0 Å². The van der Waals surface area contributed by atoms with Crippen LogP contribution in [0.1, 0.15) is 18.1 Å². The summed E-state index contributed by atoms with van der Waals surface area (Å²) in [6.45, 7) is 2.07. The molecule has 0 heterocycles. The lowest BCUT2D eigenvalue weighted by atomic mass is 10.00. The third kappa shape index (κ3) is 3.73. The van der Waals surface area contributed by atoms with Gasteiger partial charge in [-0.3, -0.25) is 0 Å². The predicted octanol–water partition coefficient (Wildman–Crippen LogP) is 3.75. The predicted molar refractivity (Wildman–Crippen MR) is 89.9 cm³/mol. The molecule has 2 aromatic rings. The van der Waals surface area contributed by atoms with Crippen molar-refractivity contribution >= 4 is 17.5 Å². The van der Waals surface area contributed by atoms with Gasteiger partial charge in [-0.25, -0.2) is 4.79 Å². The molecule has 0 aliphatic carbocycles. The Morgan fingerprint density at radius 2 is 1.68 bits per heavy atom. The Kier molecular flexibility index (Phi) is 5.31. The number of rotatable bonds is 4. The molecule has 2 aromatic carbocycles. The normalized spacial score (nSPS) is 11.1. The molecule has 0 atom stereocenters. The first-order chi connectivity index (χ1) is 10.6. The average molecular weight is 296 g/mol. The third-order valence-electron chi connectivity index (χ3n) is 3.16. The van der Waals surface area contributed by atoms with Crippen LogP contribution < -0.4 is 4.90 Å². The summed E-state index contributed by atoms with van der Waals surface area (Å²) in [6, 6.07) is 17.5. The first-order valence-electron chi connectivity index (χ1n) is 7.21. The second kappa shape index (κ2) is 7.41. The van der Waals surface area contributed by atoms with Crippen molar-refractivity contribution < 1.29 is 9.53 Å². The van der Waals surface area contributed by atoms with Gasteiger partial charge < -0.3 is 9.64 Å². The molecule has 0 saturated carbocycles. The quantitative estimate of drug-likeness (QED) is 0.807. The highest BCUT2D eigenvalue weighted by Gasteiger charge is 2.14. The Hall–Kier alpha value is -2.62. The van der Waals surface area contributed by atoms with Gasteiger partial charge in [0.1, 0.15) is 0 Å². The fourth-order valence-electron chi connectivity index (χ4n) is 2.19. The number of ether oxygens (including phenoxy) is 1. The van der Waals surface area contributed by atoms with Gasteiger partial charge in [0.05, 0.1) is 12.3 Å². The third-order valence-corrected chi connectivity index (χ3v) is 3.16. The van der Waals surface area contributed by atoms with Crippen molar-refractivity contribution in [2.24, 2.45) is 4.99 Å². The topological polar surface area (TPSA) is 41.9 Å². The Labute approximate surface area is 131 Å². The molecular weight excluding hydrogens is 276 g/mol. The molecule has 0 spiro atoms. The molecule has 4 nitrogen and oxygen atoms in total. The number of aliphatic imine (C=N–C) groups is 1. The van der Waals surface area contributed by atoms with E-state index in [4.69, 9.17) is 4.74 Å². The van der Waals surface area contributed by atoms with E-state index in [0.29, 0.717) is 12.3 Å². The summed E-state index contributed by atoms with van der Waals surface area (Å²) >= 11 is 0. The number of para-hydroxylation sites is 1. The highest BCUT2D eigenvalue weighted by Crippen LogP contribution is 2.22. The smallest absolute Gasteiger partial charge is 0.434 e. The summed E-state index contributed by atoms with van der Waals surface area (Å²) in [7, 11) is 3.93. The van der Waals surface area contributed by atoms with E-state index in [1.165, 1.54) is 0 Å². The van der Waals surface area contributed by atoms with Crippen molar-refractivity contribution in [3.8, 4) is 0 Å². The van der Waals surface area contributed by atoms with Crippen LogP contribution in [0.25, 0.3) is 0 Å². The monoisotopic (exact) mass is 296 g/mol. The van der Waals surface area contributed by atoms with E-state index >= 15 is 0 Å². The maximum Gasteiger partial charge on any atom is 0.434 e. The van der Waals surface area contributed by atoms with E-state index < -0.39 is 6.09 Å². The lowest BCUT2D eigenvalue weighted by molar-refractivity contribution is 0.163. The maximum atomic E-state index is 11.9. The van der Waals surface area contributed by atoms with Crippen molar-refractivity contribution in [1.82, 2.24) is 0 Å². The van der Waals surface area contributed by atoms with Gasteiger partial charge in [-0.1, -0.05) is 48.5 Å². The lowest BCUT2D eigenvalue weighted by Crippen LogP contribution is -2.16. The van der Waals surface area contributed by atoms with E-state index in [1.54, 1.807) is 6.92 Å². The molecule has 0 aromatic heterocycles. The molecule has 0 aliphatic rings. The van der Waals surface area contributed by atoms with Gasteiger partial charge >= 0.3 is 6.09 Å². The largest absolute Gasteiger partial charge is 0.448 e. The number of hydrogen-bond acceptors (Lipinski definition) is 3. The van der Waals surface area contributed by atoms with Crippen molar-refractivity contribution in [1.29, 1.82) is 0 Å². The molecule has 2 rings (SSSR count). The Balaban J connectivity index is 2.57. The fourth-order valence-corrected chi connectivity index (χ4v) is 2.19. The molecule has 1 amide bonds. The van der Waals surface area contributed by atoms with Gasteiger partial charge in [-0.05, 0) is 13.0 Å². The minimum absolute atomic E-state index is 0.305. The molecule has 0 aliphatic heterocycles. The van der Waals surface area contributed by atoms with Gasteiger partial charge in [0, 0.05) is 30.9 Å². The minimum atomic E-state index is -0.574. The molecule has 0 radical (unpaired) electrons. The number of nitrogens with zero attached hydrogens (tertiary/aromatic N) is 2. The van der Waals surface area contributed by atoms with E-state index in [9.17, 15) is 4.79 Å². The number of benzene rings is 2. The van der Waals surface area contributed by atoms with E-state index in [0.717, 1.165) is 16.8 Å². The zero-order valence-electron chi connectivity index (χ0n) is 13.1. The number of anilines is 1. The molecule has 0 bridgehead atoms. The van der Waals surface area contributed by atoms with Crippen LogP contribution in [-0.4, -0.2) is 32.5 Å². The SMILES string of the molecule is CCOC(=O)/N=C(\c1ccccc1)c1ccccc1N(C)C. The van der Waals surface area contributed by atoms with E-state index in [1.807, 2.05) is 73.6 Å². The van der Waals surface area contributed by atoms with Crippen molar-refractivity contribution in [2.45, 2.75) is 6.92 Å². The first kappa shape index (κ1) is 15.8. The zero-order valence-corrected chi connectivity index (χ0v) is 13.1. The van der Waals surface area contributed by atoms with Crippen molar-refractivity contribution in [2.75, 3.05) is 25.6 Å². The highest BCUT2D eigenvalue weighted by atomic mass is 16.5. The fraction of sp³-hybridized carbons (Fsp3) is 0.222. The maximum absolute atomic E-state index is 11.9. The molecule has 0 unspecified atom stereocenters. The highest BCUT2D eigenvalue weighted by molar-refractivity contribution is 6.18. The van der Waals surface area contributed by atoms with Crippen LogP contribution in [-0.2, 0) is 4.74 Å². The molecule has 0 saturated heterocycles. The Bertz CT molecular complexity index is 664. The Morgan fingerprint density at radius 3 is 2.32 bits per heavy atom. The second-order valence-electron chi connectivity index (χ2n) is 4.94. The standard InChI is InChI=1S/C18H20N2O2/c1-4-22-18(21)19-17(14-10-6-5-7-11-14)15-12-8-9-13-16(15)20(2)3/h5-13H,4H2,1-3H3/b19-17+. The van der Waals surface area contributed by atoms with Crippen LogP contribution in [0.2, 0.25) is 0 Å². The number of carbonyl (C=O) groups is 1. The van der Waals surface area contributed by atoms with Crippen LogP contribution in [0, 0.1) is 0 Å². The van der Waals surface area contributed by atoms with Crippen LogP contribution in [0.3, 0.4) is 0 Å². The Morgan fingerprint density at radius 1 is 1.05 bits per heavy atom. The van der Waals surface area contributed by atoms with Crippen LogP contribution >= 0.6 is 0 Å². The van der Waals surface area contributed by atoms with E-state index in [2.05, 4.69) is 4.99 Å². The van der Waals surface area contributed by atoms with Crippen LogP contribution in [0.15, 0.2) is 59.6 Å². The molecule has 114 valence electrons. The van der Waals surface area contributed by atoms with Gasteiger partial charge in [-0.15, -0.1) is 0 Å². The van der Waals surface area contributed by atoms with Gasteiger partial charge in [0.15, 0.2) is 0 Å². The van der Waals surface area contributed by atoms with Crippen molar-refractivity contribution in [3.05, 3.63) is 65.7 Å². The van der Waals surface area contributed by atoms with Crippen molar-refractivity contribution in [3.63, 3.8) is 0 Å². The van der Waals surface area contributed by atoms with Crippen LogP contribution in [0.5, 0.6) is 0 Å². The summed E-state index contributed by atoms with van der Waals surface area (Å²) in [5.74, 6) is 0. The zero-order chi connectivity index (χ0) is 15.9. The number of amides is 1. The van der Waals surface area contributed by atoms with E-state index in [-0.39, 0.29) is 0 Å². The molecule has 22 heavy (non-hydrogen) atoms. The summed E-state index contributed by atoms with van der Waals surface area (Å²) in [5.41, 5.74) is 3.38. The van der Waals surface area contributed by atoms with Crippen LogP contribution in [0.4, 0.5) is 10.5 Å². The second-order valence-corrected chi connectivity index (χ2v) is 4.94. The molecule has 4 heteroatoms.